The molecule has 6 nitrogen and oxygen atoms in total. The molecule has 0 aliphatic carbocycles. The second-order valence-electron chi connectivity index (χ2n) is 4.27. The van der Waals surface area contributed by atoms with Crippen LogP contribution >= 0.6 is 0 Å². The number of carboxylic acid groups (broad SMARTS) is 1. The average molecular weight is 272 g/mol. The minimum Gasteiger partial charge on any atom is -0.478 e. The molecule has 2 heterocycles. The Labute approximate surface area is 107 Å². The largest absolute Gasteiger partial charge is 0.478 e. The van der Waals surface area contributed by atoms with E-state index in [1.165, 1.54) is 10.9 Å². The Morgan fingerprint density at radius 2 is 2.28 bits per heavy atom. The zero-order valence-electron chi connectivity index (χ0n) is 10.2. The number of aryl methyl sites for hydroxylation is 1. The van der Waals surface area contributed by atoms with Gasteiger partial charge in [0.05, 0.1) is 17.6 Å². The molecule has 1 fully saturated rings. The first-order valence-electron chi connectivity index (χ1n) is 5.78. The van der Waals surface area contributed by atoms with Crippen molar-refractivity contribution in [2.45, 2.75) is 23.8 Å². The summed E-state index contributed by atoms with van der Waals surface area (Å²) in [4.78, 5) is 11.0. The first kappa shape index (κ1) is 13.2. The van der Waals surface area contributed by atoms with Gasteiger partial charge in [-0.15, -0.1) is 0 Å². The van der Waals surface area contributed by atoms with Gasteiger partial charge in [-0.3, -0.25) is 8.89 Å². The molecule has 1 aliphatic heterocycles. The van der Waals surface area contributed by atoms with Crippen molar-refractivity contribution in [1.82, 2.24) is 9.78 Å². The zero-order chi connectivity index (χ0) is 13.1. The average Bonchev–Trinajstić information content (AvgIpc) is 2.72. The van der Waals surface area contributed by atoms with E-state index in [2.05, 4.69) is 5.10 Å². The van der Waals surface area contributed by atoms with Gasteiger partial charge < -0.3 is 9.84 Å². The third-order valence-electron chi connectivity index (χ3n) is 3.11. The lowest BCUT2D eigenvalue weighted by molar-refractivity contribution is 0.0696. The molecule has 1 aromatic rings. The van der Waals surface area contributed by atoms with E-state index >= 15 is 0 Å². The van der Waals surface area contributed by atoms with Gasteiger partial charge in [0.2, 0.25) is 0 Å². The predicted molar refractivity (Wildman–Crippen MR) is 65.9 cm³/mol. The van der Waals surface area contributed by atoms with Crippen molar-refractivity contribution in [2.24, 2.45) is 7.05 Å². The first-order valence-corrected chi connectivity index (χ1v) is 7.17. The van der Waals surface area contributed by atoms with Crippen molar-refractivity contribution in [1.29, 1.82) is 0 Å². The number of carbonyl (C=O) groups is 1. The van der Waals surface area contributed by atoms with Crippen molar-refractivity contribution >= 4 is 16.8 Å². The number of nitrogens with zero attached hydrogens (tertiary/aromatic N) is 2. The Bertz CT molecular complexity index is 466. The van der Waals surface area contributed by atoms with Crippen molar-refractivity contribution in [3.05, 3.63) is 17.5 Å². The predicted octanol–water partition coefficient (Wildman–Crippen LogP) is 0.546. The van der Waals surface area contributed by atoms with Crippen LogP contribution < -0.4 is 0 Å². The summed E-state index contributed by atoms with van der Waals surface area (Å²) in [5, 5.41) is 13.0. The van der Waals surface area contributed by atoms with Crippen LogP contribution in [-0.2, 0) is 28.3 Å². The maximum atomic E-state index is 12.2. The van der Waals surface area contributed by atoms with Gasteiger partial charge in [-0.2, -0.15) is 5.10 Å². The quantitative estimate of drug-likeness (QED) is 0.865. The van der Waals surface area contributed by atoms with Crippen molar-refractivity contribution in [3.63, 3.8) is 0 Å². The molecule has 0 saturated carbocycles. The molecule has 1 atom stereocenters. The summed E-state index contributed by atoms with van der Waals surface area (Å²) in [6.45, 7) is 1.27. The normalized spacial score (nSPS) is 18.7. The third-order valence-corrected chi connectivity index (χ3v) is 4.88. The van der Waals surface area contributed by atoms with E-state index in [4.69, 9.17) is 9.84 Å². The summed E-state index contributed by atoms with van der Waals surface area (Å²) in [6.07, 6.45) is 2.85. The number of aromatic carboxylic acids is 1. The van der Waals surface area contributed by atoms with Gasteiger partial charge in [0.15, 0.2) is 0 Å². The molecule has 0 bridgehead atoms. The van der Waals surface area contributed by atoms with Crippen LogP contribution in [0.1, 0.15) is 28.9 Å². The Morgan fingerprint density at radius 3 is 2.89 bits per heavy atom. The van der Waals surface area contributed by atoms with Crippen LogP contribution in [0.25, 0.3) is 0 Å². The molecule has 1 unspecified atom stereocenters. The monoisotopic (exact) mass is 272 g/mol. The fourth-order valence-electron chi connectivity index (χ4n) is 2.00. The van der Waals surface area contributed by atoms with Crippen LogP contribution in [-0.4, -0.2) is 43.5 Å². The highest BCUT2D eigenvalue weighted by Gasteiger charge is 2.24. The van der Waals surface area contributed by atoms with Crippen molar-refractivity contribution in [3.8, 4) is 0 Å². The van der Waals surface area contributed by atoms with Crippen molar-refractivity contribution in [2.75, 3.05) is 13.2 Å². The summed E-state index contributed by atoms with van der Waals surface area (Å²) in [5.74, 6) is -0.787. The van der Waals surface area contributed by atoms with E-state index in [0.717, 1.165) is 12.8 Å². The molecule has 0 aromatic carbocycles. The summed E-state index contributed by atoms with van der Waals surface area (Å²) < 4.78 is 18.9. The van der Waals surface area contributed by atoms with E-state index in [9.17, 15) is 9.00 Å². The van der Waals surface area contributed by atoms with Crippen LogP contribution in [0.5, 0.6) is 0 Å². The highest BCUT2D eigenvalue weighted by Crippen LogP contribution is 2.18. The van der Waals surface area contributed by atoms with Gasteiger partial charge in [-0.25, -0.2) is 4.79 Å². The molecular formula is C11H16N2O4S. The Kier molecular flexibility index (Phi) is 4.13. The van der Waals surface area contributed by atoms with E-state index in [1.54, 1.807) is 7.05 Å². The number of rotatable bonds is 4. The minimum absolute atomic E-state index is 0.0929. The van der Waals surface area contributed by atoms with Gasteiger partial charge in [0.1, 0.15) is 5.56 Å². The smallest absolute Gasteiger partial charge is 0.339 e. The van der Waals surface area contributed by atoms with Gasteiger partial charge in [0.25, 0.3) is 0 Å². The maximum absolute atomic E-state index is 12.2. The van der Waals surface area contributed by atoms with E-state index in [0.29, 0.717) is 18.9 Å². The Morgan fingerprint density at radius 1 is 1.61 bits per heavy atom. The van der Waals surface area contributed by atoms with Gasteiger partial charge in [-0.05, 0) is 12.8 Å². The first-order chi connectivity index (χ1) is 8.59. The number of hydrogen-bond acceptors (Lipinski definition) is 4. The van der Waals surface area contributed by atoms with Crippen LogP contribution in [0.3, 0.4) is 0 Å². The molecular weight excluding hydrogens is 256 g/mol. The minimum atomic E-state index is -1.08. The fraction of sp³-hybridized carbons (Fsp3) is 0.636. The number of carboxylic acids is 1. The summed E-state index contributed by atoms with van der Waals surface area (Å²) in [5.41, 5.74) is 0.658. The Balaban J connectivity index is 2.10. The second-order valence-corrected chi connectivity index (χ2v) is 5.99. The number of hydrogen-bond donors (Lipinski definition) is 1. The van der Waals surface area contributed by atoms with Crippen LogP contribution in [0.15, 0.2) is 6.20 Å². The van der Waals surface area contributed by atoms with Gasteiger partial charge in [0, 0.05) is 36.3 Å². The number of aromatic nitrogens is 2. The highest BCUT2D eigenvalue weighted by atomic mass is 32.2. The SMILES string of the molecule is Cn1ncc(C(=O)O)c1CS(=O)C1CCOCC1. The molecule has 2 rings (SSSR count). The molecule has 18 heavy (non-hydrogen) atoms. The molecule has 1 aromatic heterocycles. The topological polar surface area (TPSA) is 81.4 Å². The molecule has 0 amide bonds. The molecule has 1 N–H and O–H groups in total. The fourth-order valence-corrected chi connectivity index (χ4v) is 3.57. The summed E-state index contributed by atoms with van der Waals surface area (Å²) in [6, 6.07) is 0. The van der Waals surface area contributed by atoms with Crippen molar-refractivity contribution < 1.29 is 18.8 Å². The van der Waals surface area contributed by atoms with E-state index in [1.807, 2.05) is 0 Å². The lowest BCUT2D eigenvalue weighted by Crippen LogP contribution is -2.26. The van der Waals surface area contributed by atoms with Crippen LogP contribution in [0.4, 0.5) is 0 Å². The lowest BCUT2D eigenvalue weighted by Gasteiger charge is -2.21. The lowest BCUT2D eigenvalue weighted by atomic mass is 10.2. The molecule has 7 heteroatoms. The third kappa shape index (κ3) is 2.78. The number of ether oxygens (including phenoxy) is 1. The second kappa shape index (κ2) is 5.62. The van der Waals surface area contributed by atoms with Crippen LogP contribution in [0, 0.1) is 0 Å². The molecule has 0 spiro atoms. The molecule has 0 radical (unpaired) electrons. The highest BCUT2D eigenvalue weighted by molar-refractivity contribution is 7.84. The van der Waals surface area contributed by atoms with Gasteiger partial charge in [-0.1, -0.05) is 0 Å². The summed E-state index contributed by atoms with van der Waals surface area (Å²) >= 11 is 0. The molecule has 1 saturated heterocycles. The zero-order valence-corrected chi connectivity index (χ0v) is 11.0. The van der Waals surface area contributed by atoms with E-state index in [-0.39, 0.29) is 16.6 Å². The summed E-state index contributed by atoms with van der Waals surface area (Å²) in [7, 11) is 0.592. The van der Waals surface area contributed by atoms with Crippen LogP contribution in [0.2, 0.25) is 0 Å². The maximum Gasteiger partial charge on any atom is 0.339 e. The molecule has 1 aliphatic rings. The molecule has 100 valence electrons. The van der Waals surface area contributed by atoms with E-state index < -0.39 is 16.8 Å². The van der Waals surface area contributed by atoms with Gasteiger partial charge >= 0.3 is 5.97 Å². The Hall–Kier alpha value is -1.21. The standard InChI is InChI=1S/C11H16N2O4S/c1-13-10(9(6-12-13)11(14)15)7-18(16)8-2-4-17-5-3-8/h6,8H,2-5,7H2,1H3,(H,14,15).